The molecule has 0 aliphatic heterocycles. The number of nitrogens with zero attached hydrogens (tertiary/aromatic N) is 2. The Morgan fingerprint density at radius 1 is 0.912 bits per heavy atom. The smallest absolute Gasteiger partial charge is 0.244 e. The van der Waals surface area contributed by atoms with Gasteiger partial charge in [0.05, 0.1) is 11.9 Å². The second-order valence-corrected chi connectivity index (χ2v) is 11.1. The zero-order valence-electron chi connectivity index (χ0n) is 21.0. The minimum Gasteiger partial charge on any atom is -0.352 e. The van der Waals surface area contributed by atoms with Crippen molar-refractivity contribution in [2.75, 3.05) is 23.7 Å². The van der Waals surface area contributed by atoms with Crippen molar-refractivity contribution in [2.45, 2.75) is 59.0 Å². The van der Waals surface area contributed by atoms with Crippen LogP contribution in [0.2, 0.25) is 0 Å². The highest BCUT2D eigenvalue weighted by Gasteiger charge is 2.30. The van der Waals surface area contributed by atoms with Gasteiger partial charge in [0.2, 0.25) is 21.8 Å². The molecule has 0 aliphatic carbocycles. The van der Waals surface area contributed by atoms with E-state index in [2.05, 4.69) is 5.32 Å². The van der Waals surface area contributed by atoms with Crippen LogP contribution < -0.4 is 9.62 Å². The summed E-state index contributed by atoms with van der Waals surface area (Å²) in [5.41, 5.74) is 2.35. The van der Waals surface area contributed by atoms with Gasteiger partial charge in [-0.25, -0.2) is 8.42 Å². The van der Waals surface area contributed by atoms with Gasteiger partial charge in [0.15, 0.2) is 0 Å². The van der Waals surface area contributed by atoms with Gasteiger partial charge in [0.1, 0.15) is 12.6 Å². The summed E-state index contributed by atoms with van der Waals surface area (Å²) in [7, 11) is -3.75. The van der Waals surface area contributed by atoms with E-state index in [9.17, 15) is 18.0 Å². The summed E-state index contributed by atoms with van der Waals surface area (Å²) in [6.45, 7) is 9.25. The molecule has 2 aromatic rings. The molecule has 0 saturated heterocycles. The van der Waals surface area contributed by atoms with E-state index in [4.69, 9.17) is 0 Å². The maximum absolute atomic E-state index is 13.5. The van der Waals surface area contributed by atoms with E-state index in [1.807, 2.05) is 70.2 Å². The maximum Gasteiger partial charge on any atom is 0.244 e. The predicted octanol–water partition coefficient (Wildman–Crippen LogP) is 3.56. The van der Waals surface area contributed by atoms with Gasteiger partial charge in [-0.15, -0.1) is 0 Å². The Morgan fingerprint density at radius 3 is 2.06 bits per heavy atom. The van der Waals surface area contributed by atoms with E-state index in [1.54, 1.807) is 19.1 Å². The van der Waals surface area contributed by atoms with E-state index < -0.39 is 22.0 Å². The SMILES string of the molecule is CC(C)NC(=O)C(C)N(CCc1ccccc1)C(=O)CN(c1ccccc1C(C)C)S(C)(=O)=O. The molecule has 0 heterocycles. The minimum absolute atomic E-state index is 0.0699. The lowest BCUT2D eigenvalue weighted by molar-refractivity contribution is -0.139. The van der Waals surface area contributed by atoms with Crippen molar-refractivity contribution in [1.29, 1.82) is 0 Å². The van der Waals surface area contributed by atoms with Crippen LogP contribution in [0.4, 0.5) is 5.69 Å². The second-order valence-electron chi connectivity index (χ2n) is 9.15. The molecule has 7 nitrogen and oxygen atoms in total. The van der Waals surface area contributed by atoms with E-state index in [1.165, 1.54) is 4.90 Å². The average Bonchev–Trinajstić information content (AvgIpc) is 2.76. The number of anilines is 1. The largest absolute Gasteiger partial charge is 0.352 e. The number of sulfonamides is 1. The molecule has 0 aliphatic rings. The number of carbonyl (C=O) groups is 2. The van der Waals surface area contributed by atoms with Gasteiger partial charge in [-0.1, -0.05) is 62.4 Å². The normalized spacial score (nSPS) is 12.5. The molecule has 2 rings (SSSR count). The zero-order valence-corrected chi connectivity index (χ0v) is 21.8. The molecule has 2 aromatic carbocycles. The summed E-state index contributed by atoms with van der Waals surface area (Å²) < 4.78 is 26.7. The van der Waals surface area contributed by atoms with Crippen molar-refractivity contribution in [2.24, 2.45) is 0 Å². The summed E-state index contributed by atoms with van der Waals surface area (Å²) in [6.07, 6.45) is 1.65. The van der Waals surface area contributed by atoms with Gasteiger partial charge in [-0.2, -0.15) is 0 Å². The molecule has 186 valence electrons. The van der Waals surface area contributed by atoms with Gasteiger partial charge in [-0.05, 0) is 50.3 Å². The molecule has 2 amide bonds. The summed E-state index contributed by atoms with van der Waals surface area (Å²) in [5, 5.41) is 2.85. The summed E-state index contributed by atoms with van der Waals surface area (Å²) >= 11 is 0. The molecular weight excluding hydrogens is 450 g/mol. The lowest BCUT2D eigenvalue weighted by Crippen LogP contribution is -2.53. The van der Waals surface area contributed by atoms with Crippen molar-refractivity contribution in [3.63, 3.8) is 0 Å². The summed E-state index contributed by atoms with van der Waals surface area (Å²) in [6, 6.07) is 16.1. The molecule has 0 spiro atoms. The van der Waals surface area contributed by atoms with Crippen LogP contribution in [0.3, 0.4) is 0 Å². The van der Waals surface area contributed by atoms with Gasteiger partial charge in [-0.3, -0.25) is 13.9 Å². The van der Waals surface area contributed by atoms with Crippen LogP contribution in [0.5, 0.6) is 0 Å². The van der Waals surface area contributed by atoms with Crippen LogP contribution in [-0.4, -0.2) is 56.6 Å². The lowest BCUT2D eigenvalue weighted by atomic mass is 10.0. The van der Waals surface area contributed by atoms with Gasteiger partial charge in [0, 0.05) is 12.6 Å². The number of benzene rings is 2. The fourth-order valence-corrected chi connectivity index (χ4v) is 4.64. The number of carbonyl (C=O) groups excluding carboxylic acids is 2. The van der Waals surface area contributed by atoms with Gasteiger partial charge < -0.3 is 10.2 Å². The Morgan fingerprint density at radius 2 is 1.50 bits per heavy atom. The Hall–Kier alpha value is -2.87. The molecule has 34 heavy (non-hydrogen) atoms. The fourth-order valence-electron chi connectivity index (χ4n) is 3.77. The van der Waals surface area contributed by atoms with Crippen LogP contribution in [0.1, 0.15) is 51.7 Å². The second kappa shape index (κ2) is 12.0. The fraction of sp³-hybridized carbons (Fsp3) is 0.462. The first-order valence-electron chi connectivity index (χ1n) is 11.6. The molecule has 8 heteroatoms. The number of hydrogen-bond donors (Lipinski definition) is 1. The zero-order chi connectivity index (χ0) is 25.5. The third-order valence-corrected chi connectivity index (χ3v) is 6.72. The lowest BCUT2D eigenvalue weighted by Gasteiger charge is -2.32. The maximum atomic E-state index is 13.5. The van der Waals surface area contributed by atoms with E-state index in [0.717, 1.165) is 21.7 Å². The Labute approximate surface area is 204 Å². The van der Waals surface area contributed by atoms with E-state index in [0.29, 0.717) is 18.7 Å². The molecular formula is C26H37N3O4S. The first-order chi connectivity index (χ1) is 15.9. The third kappa shape index (κ3) is 7.58. The summed E-state index contributed by atoms with van der Waals surface area (Å²) in [4.78, 5) is 27.8. The van der Waals surface area contributed by atoms with Crippen LogP contribution in [0.15, 0.2) is 54.6 Å². The quantitative estimate of drug-likeness (QED) is 0.525. The standard InChI is InChI=1S/C26H37N3O4S/c1-19(2)23-14-10-11-15-24(23)29(34(6,32)33)18-25(30)28(21(5)26(31)27-20(3)4)17-16-22-12-8-7-9-13-22/h7-15,19-21H,16-18H2,1-6H3,(H,27,31). The first-order valence-corrected chi connectivity index (χ1v) is 13.5. The Bertz CT molecular complexity index is 1070. The van der Waals surface area contributed by atoms with Crippen LogP contribution in [0.25, 0.3) is 0 Å². The van der Waals surface area contributed by atoms with Crippen molar-refractivity contribution in [3.8, 4) is 0 Å². The highest BCUT2D eigenvalue weighted by Crippen LogP contribution is 2.29. The van der Waals surface area contributed by atoms with Crippen LogP contribution in [-0.2, 0) is 26.0 Å². The van der Waals surface area contributed by atoms with Crippen LogP contribution >= 0.6 is 0 Å². The topological polar surface area (TPSA) is 86.8 Å². The monoisotopic (exact) mass is 487 g/mol. The van der Waals surface area contributed by atoms with Crippen molar-refractivity contribution >= 4 is 27.5 Å². The Balaban J connectivity index is 2.38. The summed E-state index contributed by atoms with van der Waals surface area (Å²) in [5.74, 6) is -0.628. The van der Waals surface area contributed by atoms with Gasteiger partial charge >= 0.3 is 0 Å². The average molecular weight is 488 g/mol. The van der Waals surface area contributed by atoms with Crippen LogP contribution in [0, 0.1) is 0 Å². The van der Waals surface area contributed by atoms with Crippen molar-refractivity contribution < 1.29 is 18.0 Å². The third-order valence-electron chi connectivity index (χ3n) is 5.59. The number of nitrogens with one attached hydrogen (secondary N) is 1. The van der Waals surface area contributed by atoms with Crippen molar-refractivity contribution in [1.82, 2.24) is 10.2 Å². The molecule has 0 bridgehead atoms. The number of para-hydroxylation sites is 1. The molecule has 1 N–H and O–H groups in total. The number of rotatable bonds is 11. The van der Waals surface area contributed by atoms with Crippen molar-refractivity contribution in [3.05, 3.63) is 65.7 Å². The van der Waals surface area contributed by atoms with E-state index >= 15 is 0 Å². The highest BCUT2D eigenvalue weighted by atomic mass is 32.2. The number of hydrogen-bond acceptors (Lipinski definition) is 4. The number of amides is 2. The molecule has 0 fully saturated rings. The van der Waals surface area contributed by atoms with E-state index in [-0.39, 0.29) is 24.4 Å². The molecule has 0 saturated carbocycles. The first kappa shape index (κ1) is 27.4. The molecule has 1 unspecified atom stereocenters. The molecule has 0 radical (unpaired) electrons. The molecule has 1 atom stereocenters. The highest BCUT2D eigenvalue weighted by molar-refractivity contribution is 7.92. The minimum atomic E-state index is -3.75. The van der Waals surface area contributed by atoms with Gasteiger partial charge in [0.25, 0.3) is 0 Å². The Kier molecular flexibility index (Phi) is 9.67. The molecule has 0 aromatic heterocycles. The predicted molar refractivity (Wildman–Crippen MR) is 137 cm³/mol.